The Kier molecular flexibility index (Phi) is 5.01. The van der Waals surface area contributed by atoms with Crippen molar-refractivity contribution < 1.29 is 24.2 Å². The Hall–Kier alpha value is -2.82. The summed E-state index contributed by atoms with van der Waals surface area (Å²) in [6.07, 6.45) is 0. The molecular formula is C18H18O5. The summed E-state index contributed by atoms with van der Waals surface area (Å²) in [7, 11) is 1.45. The predicted octanol–water partition coefficient (Wildman–Crippen LogP) is 3.06. The third-order valence-electron chi connectivity index (χ3n) is 3.44. The van der Waals surface area contributed by atoms with Crippen LogP contribution in [0.1, 0.15) is 31.8 Å². The normalized spacial score (nSPS) is 10.2. The first-order valence-corrected chi connectivity index (χ1v) is 7.07. The molecular weight excluding hydrogens is 296 g/mol. The first-order chi connectivity index (χ1) is 10.9. The highest BCUT2D eigenvalue weighted by Crippen LogP contribution is 2.24. The SMILES string of the molecule is COc1ccc(C(=O)OCC(=O)c2ccc(C)cc2C)c(O)c1. The standard InChI is InChI=1S/C18H18O5/c1-11-4-6-14(12(2)8-11)17(20)10-23-18(21)15-7-5-13(22-3)9-16(15)19/h4-9,19H,10H2,1-3H3. The van der Waals surface area contributed by atoms with Crippen LogP contribution >= 0.6 is 0 Å². The monoisotopic (exact) mass is 314 g/mol. The Bertz CT molecular complexity index is 749. The maximum Gasteiger partial charge on any atom is 0.342 e. The van der Waals surface area contributed by atoms with Crippen LogP contribution in [0.4, 0.5) is 0 Å². The second kappa shape index (κ2) is 6.96. The Balaban J connectivity index is 2.05. The van der Waals surface area contributed by atoms with E-state index in [1.54, 1.807) is 6.07 Å². The first-order valence-electron chi connectivity index (χ1n) is 7.07. The van der Waals surface area contributed by atoms with Crippen molar-refractivity contribution in [3.8, 4) is 11.5 Å². The van der Waals surface area contributed by atoms with Gasteiger partial charge in [0, 0.05) is 11.6 Å². The van der Waals surface area contributed by atoms with Gasteiger partial charge in [-0.2, -0.15) is 0 Å². The van der Waals surface area contributed by atoms with Gasteiger partial charge in [0.25, 0.3) is 0 Å². The number of esters is 1. The molecule has 2 aromatic rings. The van der Waals surface area contributed by atoms with Gasteiger partial charge in [0.15, 0.2) is 6.61 Å². The molecule has 5 nitrogen and oxygen atoms in total. The molecule has 120 valence electrons. The van der Waals surface area contributed by atoms with Crippen molar-refractivity contribution in [3.05, 3.63) is 58.7 Å². The molecule has 0 fully saturated rings. The van der Waals surface area contributed by atoms with Crippen LogP contribution in [-0.2, 0) is 4.74 Å². The van der Waals surface area contributed by atoms with Gasteiger partial charge in [-0.3, -0.25) is 4.79 Å². The predicted molar refractivity (Wildman–Crippen MR) is 85.2 cm³/mol. The Morgan fingerprint density at radius 3 is 2.35 bits per heavy atom. The molecule has 0 aliphatic carbocycles. The van der Waals surface area contributed by atoms with Crippen molar-refractivity contribution >= 4 is 11.8 Å². The highest BCUT2D eigenvalue weighted by atomic mass is 16.5. The maximum atomic E-state index is 12.1. The van der Waals surface area contributed by atoms with Crippen molar-refractivity contribution in [1.29, 1.82) is 0 Å². The van der Waals surface area contributed by atoms with Gasteiger partial charge in [0.1, 0.15) is 17.1 Å². The van der Waals surface area contributed by atoms with E-state index in [2.05, 4.69) is 0 Å². The second-order valence-electron chi connectivity index (χ2n) is 5.20. The van der Waals surface area contributed by atoms with Gasteiger partial charge in [0.2, 0.25) is 5.78 Å². The van der Waals surface area contributed by atoms with Gasteiger partial charge in [0.05, 0.1) is 7.11 Å². The zero-order valence-corrected chi connectivity index (χ0v) is 13.3. The van der Waals surface area contributed by atoms with Gasteiger partial charge in [-0.05, 0) is 31.5 Å². The van der Waals surface area contributed by atoms with Crippen LogP contribution in [0, 0.1) is 13.8 Å². The number of benzene rings is 2. The summed E-state index contributed by atoms with van der Waals surface area (Å²) in [6.45, 7) is 3.39. The van der Waals surface area contributed by atoms with Gasteiger partial charge in [-0.25, -0.2) is 4.79 Å². The summed E-state index contributed by atoms with van der Waals surface area (Å²) in [4.78, 5) is 24.1. The summed E-state index contributed by atoms with van der Waals surface area (Å²) < 4.78 is 9.94. The minimum Gasteiger partial charge on any atom is -0.507 e. The summed E-state index contributed by atoms with van der Waals surface area (Å²) in [5.74, 6) is -0.883. The number of phenols is 1. The number of ketones is 1. The molecule has 0 bridgehead atoms. The van der Waals surface area contributed by atoms with Crippen LogP contribution in [0.5, 0.6) is 11.5 Å². The average Bonchev–Trinajstić information content (AvgIpc) is 2.52. The van der Waals surface area contributed by atoms with Crippen LogP contribution < -0.4 is 4.74 Å². The third-order valence-corrected chi connectivity index (χ3v) is 3.44. The molecule has 0 saturated carbocycles. The number of aromatic hydroxyl groups is 1. The lowest BCUT2D eigenvalue weighted by Crippen LogP contribution is -2.15. The molecule has 0 aliphatic heterocycles. The number of hydrogen-bond donors (Lipinski definition) is 1. The van der Waals surface area contributed by atoms with Gasteiger partial charge in [-0.1, -0.05) is 23.8 Å². The lowest BCUT2D eigenvalue weighted by atomic mass is 10.0. The fourth-order valence-corrected chi connectivity index (χ4v) is 2.22. The number of ether oxygens (including phenoxy) is 2. The van der Waals surface area contributed by atoms with E-state index in [0.717, 1.165) is 11.1 Å². The largest absolute Gasteiger partial charge is 0.507 e. The zero-order chi connectivity index (χ0) is 17.0. The number of Topliss-reactive ketones (excluding diaryl/α,β-unsaturated/α-hetero) is 1. The highest BCUT2D eigenvalue weighted by Gasteiger charge is 2.16. The summed E-state index contributed by atoms with van der Waals surface area (Å²) in [5.41, 5.74) is 2.39. The molecule has 0 unspecified atom stereocenters. The number of carbonyl (C=O) groups excluding carboxylic acids is 2. The van der Waals surface area contributed by atoms with Crippen LogP contribution in [-0.4, -0.2) is 30.6 Å². The lowest BCUT2D eigenvalue weighted by Gasteiger charge is -2.09. The summed E-state index contributed by atoms with van der Waals surface area (Å²) >= 11 is 0. The average molecular weight is 314 g/mol. The molecule has 0 spiro atoms. The van der Waals surface area contributed by atoms with E-state index in [9.17, 15) is 14.7 Å². The van der Waals surface area contributed by atoms with Crippen molar-refractivity contribution in [2.45, 2.75) is 13.8 Å². The molecule has 2 rings (SSSR count). The number of methoxy groups -OCH3 is 1. The highest BCUT2D eigenvalue weighted by molar-refractivity contribution is 6.00. The first kappa shape index (κ1) is 16.5. The fourth-order valence-electron chi connectivity index (χ4n) is 2.22. The van der Waals surface area contributed by atoms with E-state index < -0.39 is 5.97 Å². The molecule has 0 saturated heterocycles. The Morgan fingerprint density at radius 2 is 1.74 bits per heavy atom. The van der Waals surface area contributed by atoms with E-state index in [0.29, 0.717) is 11.3 Å². The number of aryl methyl sites for hydroxylation is 2. The molecule has 1 N–H and O–H groups in total. The Labute approximate surface area is 134 Å². The van der Waals surface area contributed by atoms with E-state index in [1.165, 1.54) is 25.3 Å². The zero-order valence-electron chi connectivity index (χ0n) is 13.3. The smallest absolute Gasteiger partial charge is 0.342 e. The number of phenolic OH excluding ortho intramolecular Hbond substituents is 1. The number of rotatable bonds is 5. The molecule has 0 aliphatic rings. The molecule has 5 heteroatoms. The van der Waals surface area contributed by atoms with Gasteiger partial charge >= 0.3 is 5.97 Å². The van der Waals surface area contributed by atoms with Crippen LogP contribution in [0.2, 0.25) is 0 Å². The van der Waals surface area contributed by atoms with E-state index in [-0.39, 0.29) is 23.7 Å². The van der Waals surface area contributed by atoms with E-state index in [1.807, 2.05) is 26.0 Å². The molecule has 0 aromatic heterocycles. The van der Waals surface area contributed by atoms with Crippen LogP contribution in [0.15, 0.2) is 36.4 Å². The van der Waals surface area contributed by atoms with E-state index in [4.69, 9.17) is 9.47 Å². The second-order valence-corrected chi connectivity index (χ2v) is 5.20. The molecule has 23 heavy (non-hydrogen) atoms. The van der Waals surface area contributed by atoms with Crippen molar-refractivity contribution in [1.82, 2.24) is 0 Å². The quantitative estimate of drug-likeness (QED) is 0.678. The van der Waals surface area contributed by atoms with E-state index >= 15 is 0 Å². The molecule has 0 heterocycles. The lowest BCUT2D eigenvalue weighted by molar-refractivity contribution is 0.0471. The minimum absolute atomic E-state index is 0.0146. The number of carbonyl (C=O) groups is 2. The van der Waals surface area contributed by atoms with Gasteiger partial charge < -0.3 is 14.6 Å². The molecule has 0 amide bonds. The molecule has 2 aromatic carbocycles. The fraction of sp³-hybridized carbons (Fsp3) is 0.222. The summed E-state index contributed by atoms with van der Waals surface area (Å²) in [5, 5.41) is 9.78. The Morgan fingerprint density at radius 1 is 1.04 bits per heavy atom. The summed E-state index contributed by atoms with van der Waals surface area (Å²) in [6, 6.07) is 9.66. The maximum absolute atomic E-state index is 12.1. The van der Waals surface area contributed by atoms with Crippen molar-refractivity contribution in [3.63, 3.8) is 0 Å². The topological polar surface area (TPSA) is 72.8 Å². The van der Waals surface area contributed by atoms with Crippen molar-refractivity contribution in [2.75, 3.05) is 13.7 Å². The molecule has 0 radical (unpaired) electrons. The number of hydrogen-bond acceptors (Lipinski definition) is 5. The van der Waals surface area contributed by atoms with Gasteiger partial charge in [-0.15, -0.1) is 0 Å². The minimum atomic E-state index is -0.761. The third kappa shape index (κ3) is 3.88. The molecule has 0 atom stereocenters. The van der Waals surface area contributed by atoms with Crippen LogP contribution in [0.3, 0.4) is 0 Å². The van der Waals surface area contributed by atoms with Crippen LogP contribution in [0.25, 0.3) is 0 Å². The van der Waals surface area contributed by atoms with Crippen molar-refractivity contribution in [2.24, 2.45) is 0 Å².